The molecule has 5 nitrogen and oxygen atoms in total. The number of nitrogens with zero attached hydrogens (tertiary/aromatic N) is 2. The number of carbonyl (C=O) groups is 2. The molecule has 2 aliphatic rings. The Morgan fingerprint density at radius 3 is 1.94 bits per heavy atom. The van der Waals surface area contributed by atoms with Crippen molar-refractivity contribution < 1.29 is 14.4 Å². The van der Waals surface area contributed by atoms with Crippen LogP contribution in [-0.4, -0.2) is 29.0 Å². The number of rotatable bonds is 6. The lowest BCUT2D eigenvalue weighted by atomic mass is 9.91. The van der Waals surface area contributed by atoms with Crippen molar-refractivity contribution in [3.05, 3.63) is 102 Å². The van der Waals surface area contributed by atoms with Gasteiger partial charge in [-0.1, -0.05) is 78.9 Å². The minimum Gasteiger partial charge on any atom is -0.284 e. The van der Waals surface area contributed by atoms with Gasteiger partial charge in [0.2, 0.25) is 5.91 Å². The first-order valence-electron chi connectivity index (χ1n) is 10.7. The van der Waals surface area contributed by atoms with Crippen molar-refractivity contribution in [3.8, 4) is 0 Å². The van der Waals surface area contributed by atoms with Gasteiger partial charge in [0.05, 0.1) is 17.6 Å². The van der Waals surface area contributed by atoms with Gasteiger partial charge in [0, 0.05) is 6.54 Å². The van der Waals surface area contributed by atoms with Gasteiger partial charge in [0.1, 0.15) is 0 Å². The van der Waals surface area contributed by atoms with Crippen LogP contribution in [0.25, 0.3) is 0 Å². The second-order valence-electron chi connectivity index (χ2n) is 8.05. The first-order valence-corrected chi connectivity index (χ1v) is 10.7. The van der Waals surface area contributed by atoms with Crippen LogP contribution in [0.5, 0.6) is 0 Å². The molecule has 2 fully saturated rings. The summed E-state index contributed by atoms with van der Waals surface area (Å²) in [6.07, 6.45) is 0.785. The monoisotopic (exact) mass is 412 g/mol. The Balaban J connectivity index is 1.42. The molecule has 0 bridgehead atoms. The first kappa shape index (κ1) is 19.7. The molecule has 5 rings (SSSR count). The van der Waals surface area contributed by atoms with E-state index in [0.717, 1.165) is 18.4 Å². The average molecular weight is 412 g/mol. The lowest BCUT2D eigenvalue weighted by Crippen LogP contribution is -2.40. The normalized spacial score (nSPS) is 23.4. The quantitative estimate of drug-likeness (QED) is 0.575. The van der Waals surface area contributed by atoms with Crippen LogP contribution in [-0.2, 0) is 27.4 Å². The number of para-hydroxylation sites is 1. The van der Waals surface area contributed by atoms with E-state index in [2.05, 4.69) is 12.1 Å². The van der Waals surface area contributed by atoms with E-state index < -0.39 is 12.0 Å². The topological polar surface area (TPSA) is 49.9 Å². The van der Waals surface area contributed by atoms with Crippen LogP contribution in [0.2, 0.25) is 0 Å². The molecule has 3 atom stereocenters. The van der Waals surface area contributed by atoms with E-state index in [1.807, 2.05) is 71.8 Å². The van der Waals surface area contributed by atoms with Crippen molar-refractivity contribution >= 4 is 17.5 Å². The second kappa shape index (κ2) is 8.46. The summed E-state index contributed by atoms with van der Waals surface area (Å²) in [4.78, 5) is 34.0. The molecule has 2 saturated heterocycles. The Kier molecular flexibility index (Phi) is 5.37. The Morgan fingerprint density at radius 2 is 1.29 bits per heavy atom. The minimum absolute atomic E-state index is 0.171. The molecule has 1 unspecified atom stereocenters. The van der Waals surface area contributed by atoms with Crippen molar-refractivity contribution in [2.75, 3.05) is 4.90 Å². The summed E-state index contributed by atoms with van der Waals surface area (Å²) in [5.74, 6) is -0.948. The van der Waals surface area contributed by atoms with Gasteiger partial charge in [-0.25, -0.2) is 4.90 Å². The van der Waals surface area contributed by atoms with Crippen LogP contribution in [0.15, 0.2) is 91.0 Å². The molecular weight excluding hydrogens is 388 g/mol. The molecule has 0 saturated carbocycles. The zero-order valence-corrected chi connectivity index (χ0v) is 17.1. The van der Waals surface area contributed by atoms with Crippen LogP contribution in [0.1, 0.15) is 17.5 Å². The number of benzene rings is 3. The number of hydrogen-bond acceptors (Lipinski definition) is 4. The molecule has 0 radical (unpaired) electrons. The van der Waals surface area contributed by atoms with E-state index in [0.29, 0.717) is 12.2 Å². The molecule has 0 spiro atoms. The summed E-state index contributed by atoms with van der Waals surface area (Å²) in [5, 5.41) is 1.85. The molecule has 0 aliphatic carbocycles. The largest absolute Gasteiger partial charge is 0.284 e. The lowest BCUT2D eigenvalue weighted by Gasteiger charge is -2.27. The standard InChI is InChI=1S/C26H24N2O3/c29-25-23-22(17-16-19-10-4-1-5-11-19)27(18-20-12-6-2-7-13-20)31-24(23)26(30)28(25)21-14-8-3-9-15-21/h1-15,22-24H,16-18H2/t22?,23-,24+/m0/s1. The Morgan fingerprint density at radius 1 is 0.710 bits per heavy atom. The highest BCUT2D eigenvalue weighted by atomic mass is 16.7. The molecular formula is C26H24N2O3. The Bertz CT molecular complexity index is 1060. The highest BCUT2D eigenvalue weighted by Crippen LogP contribution is 2.40. The van der Waals surface area contributed by atoms with Gasteiger partial charge >= 0.3 is 0 Å². The summed E-state index contributed by atoms with van der Waals surface area (Å²) in [6.45, 7) is 0.541. The number of amides is 2. The number of aryl methyl sites for hydroxylation is 1. The van der Waals surface area contributed by atoms with Crippen LogP contribution >= 0.6 is 0 Å². The lowest BCUT2D eigenvalue weighted by molar-refractivity contribution is -0.177. The van der Waals surface area contributed by atoms with E-state index in [-0.39, 0.29) is 17.9 Å². The van der Waals surface area contributed by atoms with Gasteiger partial charge in [0.25, 0.3) is 5.91 Å². The van der Waals surface area contributed by atoms with Gasteiger partial charge < -0.3 is 0 Å². The molecule has 0 aromatic heterocycles. The smallest absolute Gasteiger partial charge is 0.265 e. The maximum atomic E-state index is 13.4. The number of hydrogen-bond donors (Lipinski definition) is 0. The summed E-state index contributed by atoms with van der Waals surface area (Å²) in [6, 6.07) is 29.2. The number of imide groups is 1. The molecule has 3 aromatic carbocycles. The van der Waals surface area contributed by atoms with Crippen molar-refractivity contribution in [2.45, 2.75) is 31.5 Å². The number of fused-ring (bicyclic) bond motifs is 1. The van der Waals surface area contributed by atoms with E-state index in [1.165, 1.54) is 10.5 Å². The Hall–Kier alpha value is -3.28. The molecule has 0 N–H and O–H groups in total. The fourth-order valence-corrected chi connectivity index (χ4v) is 4.58. The van der Waals surface area contributed by atoms with Crippen LogP contribution < -0.4 is 4.90 Å². The van der Waals surface area contributed by atoms with Crippen molar-refractivity contribution in [1.82, 2.24) is 5.06 Å². The van der Waals surface area contributed by atoms with E-state index in [1.54, 1.807) is 12.1 Å². The average Bonchev–Trinajstić information content (AvgIpc) is 3.28. The van der Waals surface area contributed by atoms with E-state index in [4.69, 9.17) is 4.84 Å². The highest BCUT2D eigenvalue weighted by Gasteiger charge is 2.59. The van der Waals surface area contributed by atoms with E-state index in [9.17, 15) is 9.59 Å². The van der Waals surface area contributed by atoms with Gasteiger partial charge in [0.15, 0.2) is 6.10 Å². The Labute approximate surface area is 181 Å². The van der Waals surface area contributed by atoms with Crippen LogP contribution in [0.4, 0.5) is 5.69 Å². The zero-order valence-electron chi connectivity index (χ0n) is 17.1. The van der Waals surface area contributed by atoms with E-state index >= 15 is 0 Å². The molecule has 31 heavy (non-hydrogen) atoms. The minimum atomic E-state index is -0.766. The third-order valence-corrected chi connectivity index (χ3v) is 6.10. The first-order chi connectivity index (χ1) is 15.2. The summed E-state index contributed by atoms with van der Waals surface area (Å²) in [7, 11) is 0. The van der Waals surface area contributed by atoms with Gasteiger partial charge in [-0.05, 0) is 36.1 Å². The number of carbonyl (C=O) groups excluding carboxylic acids is 2. The summed E-state index contributed by atoms with van der Waals surface area (Å²) >= 11 is 0. The fourth-order valence-electron chi connectivity index (χ4n) is 4.58. The fraction of sp³-hybridized carbons (Fsp3) is 0.231. The SMILES string of the molecule is O=C1[C@@H]2ON(Cc3ccccc3)C(CCc3ccccc3)[C@@H]2C(=O)N1c1ccccc1. The molecule has 2 amide bonds. The summed E-state index contributed by atoms with van der Waals surface area (Å²) < 4.78 is 0. The van der Waals surface area contributed by atoms with Crippen molar-refractivity contribution in [2.24, 2.45) is 5.92 Å². The molecule has 2 heterocycles. The van der Waals surface area contributed by atoms with Gasteiger partial charge in [-0.15, -0.1) is 0 Å². The zero-order chi connectivity index (χ0) is 21.2. The molecule has 2 aliphatic heterocycles. The highest BCUT2D eigenvalue weighted by molar-refractivity contribution is 6.23. The number of anilines is 1. The van der Waals surface area contributed by atoms with Crippen molar-refractivity contribution in [3.63, 3.8) is 0 Å². The predicted molar refractivity (Wildman–Crippen MR) is 118 cm³/mol. The molecule has 5 heteroatoms. The van der Waals surface area contributed by atoms with Gasteiger partial charge in [-0.2, -0.15) is 5.06 Å². The third kappa shape index (κ3) is 3.78. The van der Waals surface area contributed by atoms with Crippen LogP contribution in [0, 0.1) is 5.92 Å². The molecule has 3 aromatic rings. The maximum absolute atomic E-state index is 13.4. The van der Waals surface area contributed by atoms with Gasteiger partial charge in [-0.3, -0.25) is 14.4 Å². The van der Waals surface area contributed by atoms with Crippen LogP contribution in [0.3, 0.4) is 0 Å². The number of hydroxylamine groups is 2. The van der Waals surface area contributed by atoms with Crippen molar-refractivity contribution in [1.29, 1.82) is 0 Å². The molecule has 156 valence electrons. The summed E-state index contributed by atoms with van der Waals surface area (Å²) in [5.41, 5.74) is 2.90. The third-order valence-electron chi connectivity index (χ3n) is 6.10. The maximum Gasteiger partial charge on any atom is 0.265 e. The predicted octanol–water partition coefficient (Wildman–Crippen LogP) is 3.99. The second-order valence-corrected chi connectivity index (χ2v) is 8.05.